The minimum absolute atomic E-state index is 0.0697. The van der Waals surface area contributed by atoms with Crippen LogP contribution in [0.15, 0.2) is 34.0 Å². The SMILES string of the molecule is COc1ccc(C2CC(=O)c3cnc4c(c3C2)c(=O)[nH]c(=O)n4CCC(C)C)cc1OC. The second-order valence-electron chi connectivity index (χ2n) is 8.59. The maximum Gasteiger partial charge on any atom is 0.329 e. The lowest BCUT2D eigenvalue weighted by Gasteiger charge is -2.25. The molecule has 1 N–H and O–H groups in total. The second kappa shape index (κ2) is 8.61. The van der Waals surface area contributed by atoms with Crippen molar-refractivity contribution in [1.29, 1.82) is 0 Å². The molecule has 32 heavy (non-hydrogen) atoms. The Hall–Kier alpha value is -3.42. The van der Waals surface area contributed by atoms with Gasteiger partial charge in [-0.05, 0) is 47.9 Å². The van der Waals surface area contributed by atoms with E-state index >= 15 is 0 Å². The summed E-state index contributed by atoms with van der Waals surface area (Å²) in [6.07, 6.45) is 3.07. The Labute approximate surface area is 185 Å². The number of aromatic amines is 1. The highest BCUT2D eigenvalue weighted by Gasteiger charge is 2.30. The van der Waals surface area contributed by atoms with Crippen LogP contribution in [0.2, 0.25) is 0 Å². The van der Waals surface area contributed by atoms with Crippen LogP contribution in [-0.4, -0.2) is 34.5 Å². The summed E-state index contributed by atoms with van der Waals surface area (Å²) < 4.78 is 12.2. The van der Waals surface area contributed by atoms with Gasteiger partial charge in [0.05, 0.1) is 19.6 Å². The molecule has 0 radical (unpaired) electrons. The van der Waals surface area contributed by atoms with Gasteiger partial charge in [-0.25, -0.2) is 9.78 Å². The Morgan fingerprint density at radius 2 is 1.88 bits per heavy atom. The third-order valence-electron chi connectivity index (χ3n) is 6.11. The lowest BCUT2D eigenvalue weighted by molar-refractivity contribution is 0.0964. The van der Waals surface area contributed by atoms with Crippen LogP contribution in [0.4, 0.5) is 0 Å². The first-order valence-electron chi connectivity index (χ1n) is 10.7. The number of carbonyl (C=O) groups excluding carboxylic acids is 1. The highest BCUT2D eigenvalue weighted by molar-refractivity contribution is 6.02. The fraction of sp³-hybridized carbons (Fsp3) is 0.417. The Balaban J connectivity index is 1.84. The van der Waals surface area contributed by atoms with Crippen LogP contribution in [0.25, 0.3) is 11.0 Å². The number of hydrogen-bond donors (Lipinski definition) is 1. The molecule has 1 aliphatic carbocycles. The Morgan fingerprint density at radius 3 is 2.56 bits per heavy atom. The lowest BCUT2D eigenvalue weighted by atomic mass is 9.79. The minimum atomic E-state index is -0.504. The third-order valence-corrected chi connectivity index (χ3v) is 6.11. The molecular weight excluding hydrogens is 410 g/mol. The highest BCUT2D eigenvalue weighted by atomic mass is 16.5. The average Bonchev–Trinajstić information content (AvgIpc) is 2.77. The van der Waals surface area contributed by atoms with Gasteiger partial charge in [0.15, 0.2) is 17.3 Å². The maximum absolute atomic E-state index is 13.0. The highest BCUT2D eigenvalue weighted by Crippen LogP contribution is 2.38. The van der Waals surface area contributed by atoms with E-state index in [1.54, 1.807) is 14.2 Å². The number of benzene rings is 1. The number of Topliss-reactive ketones (excluding diaryl/α,β-unsaturated/α-hetero) is 1. The predicted octanol–water partition coefficient (Wildman–Crippen LogP) is 3.06. The van der Waals surface area contributed by atoms with Gasteiger partial charge in [0.25, 0.3) is 5.56 Å². The van der Waals surface area contributed by atoms with Crippen LogP contribution in [0.5, 0.6) is 11.5 Å². The van der Waals surface area contributed by atoms with Crippen molar-refractivity contribution < 1.29 is 14.3 Å². The summed E-state index contributed by atoms with van der Waals surface area (Å²) >= 11 is 0. The number of pyridine rings is 1. The van der Waals surface area contributed by atoms with E-state index in [4.69, 9.17) is 9.47 Å². The zero-order valence-corrected chi connectivity index (χ0v) is 18.7. The molecule has 8 nitrogen and oxygen atoms in total. The summed E-state index contributed by atoms with van der Waals surface area (Å²) in [6.45, 7) is 4.59. The van der Waals surface area contributed by atoms with Crippen LogP contribution in [-0.2, 0) is 13.0 Å². The number of ketones is 1. The molecule has 4 rings (SSSR count). The number of fused-ring (bicyclic) bond motifs is 3. The first-order chi connectivity index (χ1) is 15.3. The number of aromatic nitrogens is 3. The molecule has 1 aliphatic rings. The molecule has 2 aromatic heterocycles. The van der Waals surface area contributed by atoms with Crippen LogP contribution >= 0.6 is 0 Å². The number of rotatable bonds is 6. The van der Waals surface area contributed by atoms with Crippen molar-refractivity contribution in [2.75, 3.05) is 14.2 Å². The molecule has 168 valence electrons. The summed E-state index contributed by atoms with van der Waals surface area (Å²) in [7, 11) is 3.14. The average molecular weight is 437 g/mol. The molecule has 0 saturated carbocycles. The molecule has 8 heteroatoms. The van der Waals surface area contributed by atoms with Crippen LogP contribution in [0.1, 0.15) is 54.1 Å². The molecule has 0 amide bonds. The standard InChI is InChI=1S/C24H27N3O5/c1-13(2)7-8-27-22-21(23(29)26-24(27)30)16-9-15(10-18(28)17(16)12-25-22)14-5-6-19(31-3)20(11-14)32-4/h5-6,11-13,15H,7-10H2,1-4H3,(H,26,29,30). The molecule has 1 aromatic carbocycles. The number of ether oxygens (including phenoxy) is 2. The summed E-state index contributed by atoms with van der Waals surface area (Å²) in [4.78, 5) is 45.1. The Morgan fingerprint density at radius 1 is 1.12 bits per heavy atom. The molecule has 3 aromatic rings. The largest absolute Gasteiger partial charge is 0.493 e. The number of nitrogens with zero attached hydrogens (tertiary/aromatic N) is 2. The second-order valence-corrected chi connectivity index (χ2v) is 8.59. The molecule has 0 bridgehead atoms. The van der Waals surface area contributed by atoms with Gasteiger partial charge in [-0.15, -0.1) is 0 Å². The maximum atomic E-state index is 13.0. The summed E-state index contributed by atoms with van der Waals surface area (Å²) in [6, 6.07) is 5.60. The van der Waals surface area contributed by atoms with Crippen molar-refractivity contribution in [1.82, 2.24) is 14.5 Å². The normalized spacial score (nSPS) is 15.8. The minimum Gasteiger partial charge on any atom is -0.493 e. The van der Waals surface area contributed by atoms with E-state index in [1.165, 1.54) is 10.8 Å². The van der Waals surface area contributed by atoms with E-state index in [2.05, 4.69) is 23.8 Å². The fourth-order valence-corrected chi connectivity index (χ4v) is 4.35. The summed E-state index contributed by atoms with van der Waals surface area (Å²) in [5, 5.41) is 0.324. The third kappa shape index (κ3) is 3.81. The number of carbonyl (C=O) groups is 1. The number of methoxy groups -OCH3 is 2. The zero-order valence-electron chi connectivity index (χ0n) is 18.7. The van der Waals surface area contributed by atoms with Gasteiger partial charge in [-0.2, -0.15) is 0 Å². The van der Waals surface area contributed by atoms with E-state index in [-0.39, 0.29) is 11.7 Å². The predicted molar refractivity (Wildman–Crippen MR) is 121 cm³/mol. The van der Waals surface area contributed by atoms with Crippen molar-refractivity contribution in [2.24, 2.45) is 5.92 Å². The van der Waals surface area contributed by atoms with Gasteiger partial charge in [0.1, 0.15) is 5.65 Å². The van der Waals surface area contributed by atoms with Crippen molar-refractivity contribution in [3.8, 4) is 11.5 Å². The Kier molecular flexibility index (Phi) is 5.86. The van der Waals surface area contributed by atoms with Gasteiger partial charge >= 0.3 is 5.69 Å². The molecule has 0 spiro atoms. The lowest BCUT2D eigenvalue weighted by Crippen LogP contribution is -2.33. The zero-order chi connectivity index (χ0) is 23.0. The molecule has 0 aliphatic heterocycles. The molecule has 1 unspecified atom stereocenters. The van der Waals surface area contributed by atoms with E-state index in [0.717, 1.165) is 12.0 Å². The monoisotopic (exact) mass is 437 g/mol. The molecule has 0 fully saturated rings. The topological polar surface area (TPSA) is 103 Å². The number of H-pyrrole nitrogens is 1. The van der Waals surface area contributed by atoms with Gasteiger partial charge in [-0.1, -0.05) is 19.9 Å². The summed E-state index contributed by atoms with van der Waals surface area (Å²) in [5.41, 5.74) is 1.37. The van der Waals surface area contributed by atoms with Crippen molar-refractivity contribution >= 4 is 16.8 Å². The first kappa shape index (κ1) is 21.8. The van der Waals surface area contributed by atoms with Gasteiger partial charge in [-0.3, -0.25) is 19.1 Å². The van der Waals surface area contributed by atoms with E-state index in [1.807, 2.05) is 18.2 Å². The quantitative estimate of drug-likeness (QED) is 0.636. The van der Waals surface area contributed by atoms with Crippen molar-refractivity contribution in [2.45, 2.75) is 45.6 Å². The van der Waals surface area contributed by atoms with Crippen LogP contribution < -0.4 is 20.7 Å². The Bertz CT molecular complexity index is 1310. The van der Waals surface area contributed by atoms with Gasteiger partial charge in [0.2, 0.25) is 0 Å². The molecule has 2 heterocycles. The molecular formula is C24H27N3O5. The van der Waals surface area contributed by atoms with Crippen LogP contribution in [0, 0.1) is 5.92 Å². The van der Waals surface area contributed by atoms with Crippen molar-refractivity contribution in [3.63, 3.8) is 0 Å². The fourth-order valence-electron chi connectivity index (χ4n) is 4.35. The number of hydrogen-bond acceptors (Lipinski definition) is 6. The summed E-state index contributed by atoms with van der Waals surface area (Å²) in [5.74, 6) is 1.38. The van der Waals surface area contributed by atoms with E-state index in [9.17, 15) is 14.4 Å². The van der Waals surface area contributed by atoms with Gasteiger partial charge in [0, 0.05) is 24.7 Å². The van der Waals surface area contributed by atoms with Gasteiger partial charge < -0.3 is 9.47 Å². The smallest absolute Gasteiger partial charge is 0.329 e. The molecule has 0 saturated heterocycles. The van der Waals surface area contributed by atoms with E-state index < -0.39 is 11.2 Å². The van der Waals surface area contributed by atoms with E-state index in [0.29, 0.717) is 59.0 Å². The first-order valence-corrected chi connectivity index (χ1v) is 10.7. The number of aryl methyl sites for hydroxylation is 1. The number of nitrogens with one attached hydrogen (secondary N) is 1. The van der Waals surface area contributed by atoms with Crippen molar-refractivity contribution in [3.05, 3.63) is 61.9 Å². The molecule has 1 atom stereocenters. The van der Waals surface area contributed by atoms with Crippen LogP contribution in [0.3, 0.4) is 0 Å².